The summed E-state index contributed by atoms with van der Waals surface area (Å²) in [5.74, 6) is -0.550. The summed E-state index contributed by atoms with van der Waals surface area (Å²) in [4.78, 5) is 40.1. The SMILES string of the molecule is CCOc1ccc(N2C(=O)c3ccc(C(=O)NCc4ccccc4Cn4cccn4)cc3C2=O)cc1. The number of carbonyl (C=O) groups excluding carboxylic acids is 3. The Bertz CT molecular complexity index is 1430. The second-order valence-corrected chi connectivity index (χ2v) is 8.29. The molecule has 0 saturated carbocycles. The maximum Gasteiger partial charge on any atom is 0.266 e. The van der Waals surface area contributed by atoms with Crippen molar-refractivity contribution in [2.24, 2.45) is 0 Å². The van der Waals surface area contributed by atoms with Gasteiger partial charge in [0.1, 0.15) is 5.75 Å². The van der Waals surface area contributed by atoms with E-state index in [2.05, 4.69) is 10.4 Å². The normalized spacial score (nSPS) is 12.5. The number of ether oxygens (including phenoxy) is 1. The highest BCUT2D eigenvalue weighted by atomic mass is 16.5. The molecule has 0 aliphatic carbocycles. The fourth-order valence-electron chi connectivity index (χ4n) is 4.20. The highest BCUT2D eigenvalue weighted by Crippen LogP contribution is 2.30. The Hall–Kier alpha value is -4.72. The summed E-state index contributed by atoms with van der Waals surface area (Å²) in [6, 6.07) is 21.0. The van der Waals surface area contributed by atoms with Crippen LogP contribution in [0.4, 0.5) is 5.69 Å². The predicted molar refractivity (Wildman–Crippen MR) is 134 cm³/mol. The van der Waals surface area contributed by atoms with E-state index in [0.717, 1.165) is 16.0 Å². The van der Waals surface area contributed by atoms with Gasteiger partial charge in [-0.25, -0.2) is 4.90 Å². The lowest BCUT2D eigenvalue weighted by molar-refractivity contribution is 0.0923. The Labute approximate surface area is 208 Å². The van der Waals surface area contributed by atoms with Crippen molar-refractivity contribution < 1.29 is 19.1 Å². The monoisotopic (exact) mass is 480 g/mol. The molecular formula is C28H24N4O4. The van der Waals surface area contributed by atoms with Crippen LogP contribution in [0.3, 0.4) is 0 Å². The number of fused-ring (bicyclic) bond motifs is 1. The molecule has 8 nitrogen and oxygen atoms in total. The zero-order valence-corrected chi connectivity index (χ0v) is 19.7. The first-order valence-corrected chi connectivity index (χ1v) is 11.6. The van der Waals surface area contributed by atoms with Gasteiger partial charge in [-0.05, 0) is 66.6 Å². The van der Waals surface area contributed by atoms with Gasteiger partial charge in [0.15, 0.2) is 0 Å². The minimum Gasteiger partial charge on any atom is -0.494 e. The highest BCUT2D eigenvalue weighted by molar-refractivity contribution is 6.34. The third-order valence-electron chi connectivity index (χ3n) is 6.00. The molecule has 0 bridgehead atoms. The van der Waals surface area contributed by atoms with Crippen LogP contribution in [0, 0.1) is 0 Å². The molecule has 1 aliphatic heterocycles. The first-order valence-electron chi connectivity index (χ1n) is 11.6. The fraction of sp³-hybridized carbons (Fsp3) is 0.143. The average Bonchev–Trinajstić information content (AvgIpc) is 3.50. The van der Waals surface area contributed by atoms with Crippen LogP contribution in [0.25, 0.3) is 0 Å². The molecule has 8 heteroatoms. The number of carbonyl (C=O) groups is 3. The number of hydrogen-bond acceptors (Lipinski definition) is 5. The molecule has 36 heavy (non-hydrogen) atoms. The van der Waals surface area contributed by atoms with Gasteiger partial charge >= 0.3 is 0 Å². The van der Waals surface area contributed by atoms with E-state index in [0.29, 0.717) is 36.7 Å². The quantitative estimate of drug-likeness (QED) is 0.384. The summed E-state index contributed by atoms with van der Waals surface area (Å²) in [6.45, 7) is 3.31. The molecule has 0 atom stereocenters. The number of imide groups is 1. The van der Waals surface area contributed by atoms with E-state index >= 15 is 0 Å². The molecule has 0 spiro atoms. The molecule has 0 fully saturated rings. The Kier molecular flexibility index (Phi) is 6.32. The van der Waals surface area contributed by atoms with E-state index in [-0.39, 0.29) is 17.0 Å². The van der Waals surface area contributed by atoms with Crippen LogP contribution in [-0.2, 0) is 13.1 Å². The molecule has 2 heterocycles. The summed E-state index contributed by atoms with van der Waals surface area (Å²) < 4.78 is 7.25. The lowest BCUT2D eigenvalue weighted by atomic mass is 10.0. The number of rotatable bonds is 8. The molecule has 1 aliphatic rings. The van der Waals surface area contributed by atoms with Gasteiger partial charge < -0.3 is 10.1 Å². The van der Waals surface area contributed by atoms with Crippen LogP contribution in [-0.4, -0.2) is 34.1 Å². The summed E-state index contributed by atoms with van der Waals surface area (Å²) in [5.41, 5.74) is 3.26. The lowest BCUT2D eigenvalue weighted by Gasteiger charge is -2.14. The first-order chi connectivity index (χ1) is 17.5. The van der Waals surface area contributed by atoms with E-state index in [1.165, 1.54) is 12.1 Å². The van der Waals surface area contributed by atoms with Gasteiger partial charge in [-0.2, -0.15) is 5.10 Å². The minimum atomic E-state index is -0.460. The van der Waals surface area contributed by atoms with Crippen molar-refractivity contribution in [1.29, 1.82) is 0 Å². The van der Waals surface area contributed by atoms with E-state index in [1.807, 2.05) is 48.1 Å². The largest absolute Gasteiger partial charge is 0.494 e. The van der Waals surface area contributed by atoms with Crippen molar-refractivity contribution in [3.8, 4) is 5.75 Å². The van der Waals surface area contributed by atoms with Crippen molar-refractivity contribution in [2.75, 3.05) is 11.5 Å². The Morgan fingerprint density at radius 1 is 0.917 bits per heavy atom. The highest BCUT2D eigenvalue weighted by Gasteiger charge is 2.37. The number of benzene rings is 3. The first kappa shape index (κ1) is 23.0. The molecule has 4 aromatic rings. The van der Waals surface area contributed by atoms with E-state index < -0.39 is 11.8 Å². The molecular weight excluding hydrogens is 456 g/mol. The number of amides is 3. The average molecular weight is 481 g/mol. The van der Waals surface area contributed by atoms with Gasteiger partial charge in [-0.1, -0.05) is 24.3 Å². The van der Waals surface area contributed by atoms with Crippen LogP contribution in [0.2, 0.25) is 0 Å². The Morgan fingerprint density at radius 3 is 2.39 bits per heavy atom. The number of aromatic nitrogens is 2. The van der Waals surface area contributed by atoms with Crippen molar-refractivity contribution in [3.63, 3.8) is 0 Å². The van der Waals surface area contributed by atoms with Crippen molar-refractivity contribution in [3.05, 3.63) is 113 Å². The Morgan fingerprint density at radius 2 is 1.67 bits per heavy atom. The molecule has 3 amide bonds. The van der Waals surface area contributed by atoms with Gasteiger partial charge in [-0.15, -0.1) is 0 Å². The molecule has 1 N–H and O–H groups in total. The van der Waals surface area contributed by atoms with Gasteiger partial charge in [0.05, 0.1) is 30.0 Å². The maximum absolute atomic E-state index is 13.1. The van der Waals surface area contributed by atoms with Gasteiger partial charge in [0.25, 0.3) is 17.7 Å². The second-order valence-electron chi connectivity index (χ2n) is 8.29. The zero-order chi connectivity index (χ0) is 25.1. The van der Waals surface area contributed by atoms with Gasteiger partial charge in [-0.3, -0.25) is 19.1 Å². The number of hydrogen-bond donors (Lipinski definition) is 1. The van der Waals surface area contributed by atoms with Crippen molar-refractivity contribution >= 4 is 23.4 Å². The second kappa shape index (κ2) is 9.87. The molecule has 0 radical (unpaired) electrons. The smallest absolute Gasteiger partial charge is 0.266 e. The van der Waals surface area contributed by atoms with Crippen LogP contribution in [0.5, 0.6) is 5.75 Å². The molecule has 3 aromatic carbocycles. The van der Waals surface area contributed by atoms with E-state index in [1.54, 1.807) is 36.5 Å². The topological polar surface area (TPSA) is 93.5 Å². The standard InChI is InChI=1S/C28H24N4O4/c1-2-36-23-11-9-22(10-12-23)32-27(34)24-13-8-19(16-25(24)28(32)35)26(33)29-17-20-6-3-4-7-21(20)18-31-15-5-14-30-31/h3-16H,2,17-18H2,1H3,(H,29,33). The molecule has 5 rings (SSSR count). The summed E-state index contributed by atoms with van der Waals surface area (Å²) in [5, 5.41) is 7.16. The van der Waals surface area contributed by atoms with E-state index in [4.69, 9.17) is 4.74 Å². The molecule has 180 valence electrons. The summed E-state index contributed by atoms with van der Waals surface area (Å²) in [6.07, 6.45) is 3.61. The number of anilines is 1. The fourth-order valence-corrected chi connectivity index (χ4v) is 4.20. The Balaban J connectivity index is 1.31. The molecule has 0 unspecified atom stereocenters. The maximum atomic E-state index is 13.1. The zero-order valence-electron chi connectivity index (χ0n) is 19.7. The van der Waals surface area contributed by atoms with E-state index in [9.17, 15) is 14.4 Å². The summed E-state index contributed by atoms with van der Waals surface area (Å²) >= 11 is 0. The van der Waals surface area contributed by atoms with Crippen LogP contribution in [0.1, 0.15) is 49.1 Å². The third-order valence-corrected chi connectivity index (χ3v) is 6.00. The lowest BCUT2D eigenvalue weighted by Crippen LogP contribution is -2.29. The molecule has 0 saturated heterocycles. The summed E-state index contributed by atoms with van der Waals surface area (Å²) in [7, 11) is 0. The third kappa shape index (κ3) is 4.48. The van der Waals surface area contributed by atoms with Gasteiger partial charge in [0, 0.05) is 24.5 Å². The number of nitrogens with zero attached hydrogens (tertiary/aromatic N) is 3. The number of nitrogens with one attached hydrogen (secondary N) is 1. The minimum absolute atomic E-state index is 0.209. The molecule has 1 aromatic heterocycles. The van der Waals surface area contributed by atoms with Gasteiger partial charge in [0.2, 0.25) is 0 Å². The predicted octanol–water partition coefficient (Wildman–Crippen LogP) is 4.06. The van der Waals surface area contributed by atoms with Crippen LogP contribution < -0.4 is 15.0 Å². The van der Waals surface area contributed by atoms with Crippen molar-refractivity contribution in [2.45, 2.75) is 20.0 Å². The van der Waals surface area contributed by atoms with Crippen LogP contribution in [0.15, 0.2) is 85.2 Å². The van der Waals surface area contributed by atoms with Crippen LogP contribution >= 0.6 is 0 Å². The van der Waals surface area contributed by atoms with Crippen molar-refractivity contribution in [1.82, 2.24) is 15.1 Å².